The van der Waals surface area contributed by atoms with E-state index in [1.807, 2.05) is 19.1 Å². The third-order valence-corrected chi connectivity index (χ3v) is 3.38. The number of methoxy groups -OCH3 is 2. The van der Waals surface area contributed by atoms with Gasteiger partial charge in [-0.25, -0.2) is 0 Å². The van der Waals surface area contributed by atoms with Crippen molar-refractivity contribution in [1.82, 2.24) is 0 Å². The van der Waals surface area contributed by atoms with Gasteiger partial charge in [-0.2, -0.15) is 0 Å². The lowest BCUT2D eigenvalue weighted by molar-refractivity contribution is 0.104. The van der Waals surface area contributed by atoms with Gasteiger partial charge >= 0.3 is 0 Å². The molecule has 2 aromatic rings. The number of rotatable bonds is 7. The molecule has 0 aromatic heterocycles. The average Bonchev–Trinajstić information content (AvgIpc) is 2.60. The quantitative estimate of drug-likeness (QED) is 0.620. The van der Waals surface area contributed by atoms with E-state index in [4.69, 9.17) is 14.2 Å². The van der Waals surface area contributed by atoms with E-state index in [9.17, 15) is 9.90 Å². The Hall–Kier alpha value is -2.95. The molecule has 0 aliphatic carbocycles. The Morgan fingerprint density at radius 2 is 1.79 bits per heavy atom. The Morgan fingerprint density at radius 1 is 1.04 bits per heavy atom. The Bertz CT molecular complexity index is 749. The van der Waals surface area contributed by atoms with Gasteiger partial charge < -0.3 is 19.3 Å². The third kappa shape index (κ3) is 4.07. The fourth-order valence-corrected chi connectivity index (χ4v) is 2.16. The van der Waals surface area contributed by atoms with Crippen LogP contribution in [0, 0.1) is 0 Å². The molecule has 5 nitrogen and oxygen atoms in total. The van der Waals surface area contributed by atoms with Gasteiger partial charge in [0.1, 0.15) is 0 Å². The van der Waals surface area contributed by atoms with Gasteiger partial charge in [0.15, 0.2) is 28.8 Å². The van der Waals surface area contributed by atoms with E-state index in [0.29, 0.717) is 23.7 Å². The number of carbonyl (C=O) groups excluding carboxylic acids is 1. The fraction of sp³-hybridized carbons (Fsp3) is 0.211. The van der Waals surface area contributed by atoms with Gasteiger partial charge in [-0.1, -0.05) is 12.1 Å². The van der Waals surface area contributed by atoms with Gasteiger partial charge in [0.05, 0.1) is 20.8 Å². The molecule has 0 radical (unpaired) electrons. The topological polar surface area (TPSA) is 65.0 Å². The predicted molar refractivity (Wildman–Crippen MR) is 92.2 cm³/mol. The van der Waals surface area contributed by atoms with Crippen LogP contribution in [-0.2, 0) is 0 Å². The molecule has 0 heterocycles. The van der Waals surface area contributed by atoms with Crippen LogP contribution < -0.4 is 14.2 Å². The first-order valence-electron chi connectivity index (χ1n) is 7.49. The molecule has 0 spiro atoms. The molecule has 0 bridgehead atoms. The summed E-state index contributed by atoms with van der Waals surface area (Å²) in [4.78, 5) is 12.3. The first-order valence-corrected chi connectivity index (χ1v) is 7.49. The smallest absolute Gasteiger partial charge is 0.185 e. The Balaban J connectivity index is 2.21. The predicted octanol–water partition coefficient (Wildman–Crippen LogP) is 3.70. The van der Waals surface area contributed by atoms with Crippen molar-refractivity contribution < 1.29 is 24.1 Å². The number of benzene rings is 2. The highest BCUT2D eigenvalue weighted by molar-refractivity contribution is 6.07. The van der Waals surface area contributed by atoms with Crippen LogP contribution in [0.1, 0.15) is 22.8 Å². The Morgan fingerprint density at radius 3 is 2.46 bits per heavy atom. The first kappa shape index (κ1) is 17.4. The molecular formula is C19H20O5. The minimum Gasteiger partial charge on any atom is -0.504 e. The molecule has 2 rings (SSSR count). The summed E-state index contributed by atoms with van der Waals surface area (Å²) < 4.78 is 15.8. The summed E-state index contributed by atoms with van der Waals surface area (Å²) in [7, 11) is 3.01. The van der Waals surface area contributed by atoms with Crippen LogP contribution in [0.5, 0.6) is 23.0 Å². The van der Waals surface area contributed by atoms with Gasteiger partial charge in [0, 0.05) is 5.56 Å². The number of allylic oxidation sites excluding steroid dienone is 1. The van der Waals surface area contributed by atoms with E-state index < -0.39 is 0 Å². The lowest BCUT2D eigenvalue weighted by atomic mass is 10.1. The normalized spacial score (nSPS) is 10.6. The van der Waals surface area contributed by atoms with Crippen molar-refractivity contribution in [3.05, 3.63) is 53.6 Å². The van der Waals surface area contributed by atoms with Gasteiger partial charge in [0.25, 0.3) is 0 Å². The minimum atomic E-state index is -0.193. The monoisotopic (exact) mass is 328 g/mol. The van der Waals surface area contributed by atoms with Crippen LogP contribution in [0.15, 0.2) is 42.5 Å². The molecule has 5 heteroatoms. The molecule has 0 amide bonds. The Labute approximate surface area is 141 Å². The number of phenolic OH excluding ortho intramolecular Hbond substituents is 1. The number of ether oxygens (including phenoxy) is 3. The van der Waals surface area contributed by atoms with Crippen molar-refractivity contribution in [1.29, 1.82) is 0 Å². The van der Waals surface area contributed by atoms with Crippen LogP contribution in [0.3, 0.4) is 0 Å². The van der Waals surface area contributed by atoms with Crippen molar-refractivity contribution in [2.45, 2.75) is 6.92 Å². The second kappa shape index (κ2) is 8.06. The summed E-state index contributed by atoms with van der Waals surface area (Å²) in [6.45, 7) is 2.42. The van der Waals surface area contributed by atoms with Crippen LogP contribution >= 0.6 is 0 Å². The van der Waals surface area contributed by atoms with Crippen LogP contribution in [0.25, 0.3) is 6.08 Å². The van der Waals surface area contributed by atoms with Crippen LogP contribution in [-0.4, -0.2) is 31.7 Å². The molecule has 0 saturated carbocycles. The number of aromatic hydroxyl groups is 1. The molecule has 0 atom stereocenters. The summed E-state index contributed by atoms with van der Waals surface area (Å²) >= 11 is 0. The molecule has 1 N–H and O–H groups in total. The summed E-state index contributed by atoms with van der Waals surface area (Å²) in [6.07, 6.45) is 3.16. The summed E-state index contributed by atoms with van der Waals surface area (Å²) in [5.41, 5.74) is 1.25. The zero-order chi connectivity index (χ0) is 17.5. The molecule has 0 aliphatic rings. The molecule has 0 saturated heterocycles. The van der Waals surface area contributed by atoms with E-state index in [0.717, 1.165) is 5.56 Å². The molecule has 126 valence electrons. The highest BCUT2D eigenvalue weighted by Crippen LogP contribution is 2.29. The number of hydrogen-bond acceptors (Lipinski definition) is 5. The van der Waals surface area contributed by atoms with Crippen molar-refractivity contribution in [3.63, 3.8) is 0 Å². The molecule has 0 unspecified atom stereocenters. The summed E-state index contributed by atoms with van der Waals surface area (Å²) in [5, 5.41) is 9.57. The maximum Gasteiger partial charge on any atom is 0.185 e. The first-order chi connectivity index (χ1) is 11.6. The lowest BCUT2D eigenvalue weighted by Gasteiger charge is -2.09. The standard InChI is InChI=1S/C19H20O5/c1-4-24-19-11-13(6-10-17(19)22-2)5-8-15(20)14-7-9-16(21)18(12-14)23-3/h5-12,21H,4H2,1-3H3/b8-5+. The molecule has 2 aromatic carbocycles. The SMILES string of the molecule is CCOc1cc(/C=C/C(=O)c2ccc(O)c(OC)c2)ccc1OC. The fourth-order valence-electron chi connectivity index (χ4n) is 2.16. The van der Waals surface area contributed by atoms with E-state index in [-0.39, 0.29) is 17.3 Å². The van der Waals surface area contributed by atoms with Crippen molar-refractivity contribution in [2.75, 3.05) is 20.8 Å². The van der Waals surface area contributed by atoms with Gasteiger partial charge in [-0.05, 0) is 48.9 Å². The minimum absolute atomic E-state index is 0.00506. The lowest BCUT2D eigenvalue weighted by Crippen LogP contribution is -1.96. The number of phenols is 1. The van der Waals surface area contributed by atoms with Gasteiger partial charge in [-0.3, -0.25) is 4.79 Å². The zero-order valence-electron chi connectivity index (χ0n) is 13.9. The van der Waals surface area contributed by atoms with Crippen LogP contribution in [0.2, 0.25) is 0 Å². The van der Waals surface area contributed by atoms with Gasteiger partial charge in [0.2, 0.25) is 0 Å². The van der Waals surface area contributed by atoms with Crippen molar-refractivity contribution in [3.8, 4) is 23.0 Å². The second-order valence-corrected chi connectivity index (χ2v) is 4.93. The summed E-state index contributed by atoms with van der Waals surface area (Å²) in [6, 6.07) is 9.91. The maximum absolute atomic E-state index is 12.3. The highest BCUT2D eigenvalue weighted by Gasteiger charge is 2.08. The van der Waals surface area contributed by atoms with Crippen molar-refractivity contribution >= 4 is 11.9 Å². The van der Waals surface area contributed by atoms with E-state index in [2.05, 4.69) is 0 Å². The number of ketones is 1. The van der Waals surface area contributed by atoms with Crippen LogP contribution in [0.4, 0.5) is 0 Å². The molecule has 24 heavy (non-hydrogen) atoms. The molecule has 0 fully saturated rings. The zero-order valence-corrected chi connectivity index (χ0v) is 13.9. The second-order valence-electron chi connectivity index (χ2n) is 4.93. The maximum atomic E-state index is 12.3. The largest absolute Gasteiger partial charge is 0.504 e. The highest BCUT2D eigenvalue weighted by atomic mass is 16.5. The Kier molecular flexibility index (Phi) is 5.84. The van der Waals surface area contributed by atoms with E-state index in [1.165, 1.54) is 25.3 Å². The third-order valence-electron chi connectivity index (χ3n) is 3.38. The average molecular weight is 328 g/mol. The summed E-state index contributed by atoms with van der Waals surface area (Å²) in [5.74, 6) is 1.33. The van der Waals surface area contributed by atoms with Gasteiger partial charge in [-0.15, -0.1) is 0 Å². The van der Waals surface area contributed by atoms with Crippen molar-refractivity contribution in [2.24, 2.45) is 0 Å². The molecule has 0 aliphatic heterocycles. The molecular weight excluding hydrogens is 308 g/mol. The van der Waals surface area contributed by atoms with E-state index >= 15 is 0 Å². The van der Waals surface area contributed by atoms with E-state index in [1.54, 1.807) is 25.3 Å². The number of carbonyl (C=O) groups is 1. The number of hydrogen-bond donors (Lipinski definition) is 1.